The van der Waals surface area contributed by atoms with Gasteiger partial charge in [-0.15, -0.1) is 0 Å². The highest BCUT2D eigenvalue weighted by Gasteiger charge is 2.48. The average molecular weight is 358 g/mol. The van der Waals surface area contributed by atoms with Crippen LogP contribution in [-0.4, -0.2) is 72.4 Å². The first-order valence-corrected chi connectivity index (χ1v) is 9.99. The third kappa shape index (κ3) is 3.40. The molecule has 3 aliphatic rings. The lowest BCUT2D eigenvalue weighted by Gasteiger charge is -2.35. The molecule has 1 amide bonds. The zero-order valence-corrected chi connectivity index (χ0v) is 15.5. The molecule has 0 aromatic heterocycles. The summed E-state index contributed by atoms with van der Waals surface area (Å²) in [5.41, 5.74) is -0.0271. The van der Waals surface area contributed by atoms with Crippen LogP contribution >= 0.6 is 0 Å². The Balaban J connectivity index is 1.47. The summed E-state index contributed by atoms with van der Waals surface area (Å²) >= 11 is 0. The molecule has 0 unspecified atom stereocenters. The van der Waals surface area contributed by atoms with Crippen LogP contribution in [0.15, 0.2) is 30.3 Å². The van der Waals surface area contributed by atoms with Crippen molar-refractivity contribution < 1.29 is 14.6 Å². The molecule has 0 bridgehead atoms. The molecular formula is C21H30N2O3. The van der Waals surface area contributed by atoms with Gasteiger partial charge in [-0.05, 0) is 24.8 Å². The topological polar surface area (TPSA) is 53.0 Å². The number of hydrogen-bond donors (Lipinski definition) is 1. The highest BCUT2D eigenvalue weighted by atomic mass is 16.5. The molecule has 1 aromatic carbocycles. The van der Waals surface area contributed by atoms with Crippen molar-refractivity contribution >= 4 is 5.91 Å². The maximum atomic E-state index is 13.5. The minimum absolute atomic E-state index is 0.221. The number of carbonyl (C=O) groups is 1. The van der Waals surface area contributed by atoms with Gasteiger partial charge in [-0.1, -0.05) is 43.2 Å². The number of benzene rings is 1. The van der Waals surface area contributed by atoms with E-state index in [2.05, 4.69) is 17.0 Å². The number of aliphatic hydroxyl groups is 1. The van der Waals surface area contributed by atoms with Crippen LogP contribution in [0.25, 0.3) is 0 Å². The molecule has 3 fully saturated rings. The summed E-state index contributed by atoms with van der Waals surface area (Å²) in [4.78, 5) is 17.7. The van der Waals surface area contributed by atoms with Gasteiger partial charge in [0.2, 0.25) is 5.91 Å². The van der Waals surface area contributed by atoms with E-state index in [-0.39, 0.29) is 11.3 Å². The van der Waals surface area contributed by atoms with Crippen molar-refractivity contribution in [2.45, 2.75) is 43.1 Å². The van der Waals surface area contributed by atoms with Gasteiger partial charge in [-0.2, -0.15) is 0 Å². The van der Waals surface area contributed by atoms with Crippen LogP contribution in [0.1, 0.15) is 37.7 Å². The second-order valence-corrected chi connectivity index (χ2v) is 8.24. The van der Waals surface area contributed by atoms with Crippen molar-refractivity contribution in [1.29, 1.82) is 0 Å². The third-order valence-corrected chi connectivity index (χ3v) is 6.43. The quantitative estimate of drug-likeness (QED) is 0.892. The summed E-state index contributed by atoms with van der Waals surface area (Å²) in [6.07, 6.45) is 4.72. The Bertz CT molecular complexity index is 623. The predicted molar refractivity (Wildman–Crippen MR) is 100.0 cm³/mol. The lowest BCUT2D eigenvalue weighted by Crippen LogP contribution is -2.51. The minimum atomic E-state index is -0.788. The van der Waals surface area contributed by atoms with Gasteiger partial charge in [0.15, 0.2) is 0 Å². The lowest BCUT2D eigenvalue weighted by atomic mass is 9.77. The fraction of sp³-hybridized carbons (Fsp3) is 0.667. The van der Waals surface area contributed by atoms with E-state index in [0.29, 0.717) is 26.1 Å². The zero-order chi connectivity index (χ0) is 18.0. The first-order chi connectivity index (χ1) is 12.6. The number of amides is 1. The van der Waals surface area contributed by atoms with Crippen molar-refractivity contribution in [3.63, 3.8) is 0 Å². The van der Waals surface area contributed by atoms with Crippen molar-refractivity contribution in [1.82, 2.24) is 9.80 Å². The molecule has 1 saturated carbocycles. The number of ether oxygens (including phenoxy) is 1. The second kappa shape index (κ2) is 7.29. The molecule has 142 valence electrons. The van der Waals surface area contributed by atoms with Crippen molar-refractivity contribution in [3.8, 4) is 0 Å². The summed E-state index contributed by atoms with van der Waals surface area (Å²) in [7, 11) is 0. The molecule has 2 aliphatic heterocycles. The first-order valence-electron chi connectivity index (χ1n) is 9.99. The Morgan fingerprint density at radius 3 is 2.42 bits per heavy atom. The second-order valence-electron chi connectivity index (χ2n) is 8.24. The average Bonchev–Trinajstić information content (AvgIpc) is 3.31. The van der Waals surface area contributed by atoms with Gasteiger partial charge in [0, 0.05) is 26.2 Å². The van der Waals surface area contributed by atoms with E-state index in [1.807, 2.05) is 23.1 Å². The van der Waals surface area contributed by atoms with E-state index in [1.54, 1.807) is 0 Å². The summed E-state index contributed by atoms with van der Waals surface area (Å²) in [5, 5.41) is 11.1. The Morgan fingerprint density at radius 1 is 1.04 bits per heavy atom. The molecule has 5 nitrogen and oxygen atoms in total. The normalized spacial score (nSPS) is 29.2. The van der Waals surface area contributed by atoms with Gasteiger partial charge in [0.1, 0.15) is 0 Å². The van der Waals surface area contributed by atoms with Crippen LogP contribution in [0.4, 0.5) is 0 Å². The monoisotopic (exact) mass is 358 g/mol. The predicted octanol–water partition coefficient (Wildman–Crippen LogP) is 1.79. The van der Waals surface area contributed by atoms with Gasteiger partial charge in [0.05, 0.1) is 30.8 Å². The number of likely N-dealkylation sites (tertiary alicyclic amines) is 1. The number of β-amino-alcohol motifs (C(OH)–C–C–N with tert-alkyl or cyclic N) is 1. The molecule has 4 rings (SSSR count). The van der Waals surface area contributed by atoms with Gasteiger partial charge in [0.25, 0.3) is 0 Å². The molecule has 26 heavy (non-hydrogen) atoms. The van der Waals surface area contributed by atoms with Gasteiger partial charge >= 0.3 is 0 Å². The summed E-state index contributed by atoms with van der Waals surface area (Å²) in [6.45, 7) is 4.95. The van der Waals surface area contributed by atoms with E-state index in [0.717, 1.165) is 57.6 Å². The standard InChI is InChI=1S/C21H30N2O3/c24-19(21(8-4-5-9-21)18-6-2-1-3-7-18)23-11-10-20(25,17-23)16-22-12-14-26-15-13-22/h1-3,6-7,25H,4-5,8-17H2/t20-/m1/s1. The summed E-state index contributed by atoms with van der Waals surface area (Å²) in [6, 6.07) is 10.3. The zero-order valence-electron chi connectivity index (χ0n) is 15.5. The Morgan fingerprint density at radius 2 is 1.73 bits per heavy atom. The summed E-state index contributed by atoms with van der Waals surface area (Å²) < 4.78 is 5.40. The molecule has 1 aromatic rings. The third-order valence-electron chi connectivity index (χ3n) is 6.43. The molecule has 1 aliphatic carbocycles. The fourth-order valence-corrected chi connectivity index (χ4v) is 5.00. The maximum Gasteiger partial charge on any atom is 0.233 e. The Hall–Kier alpha value is -1.43. The maximum absolute atomic E-state index is 13.5. The number of carbonyl (C=O) groups excluding carboxylic acids is 1. The SMILES string of the molecule is O=C(N1CC[C@@](O)(CN2CCOCC2)C1)C1(c2ccccc2)CCCC1. The molecule has 2 heterocycles. The lowest BCUT2D eigenvalue weighted by molar-refractivity contribution is -0.137. The van der Waals surface area contributed by atoms with E-state index in [4.69, 9.17) is 4.74 Å². The molecule has 2 saturated heterocycles. The highest BCUT2D eigenvalue weighted by molar-refractivity contribution is 5.89. The number of nitrogens with zero attached hydrogens (tertiary/aromatic N) is 2. The molecule has 0 spiro atoms. The van der Waals surface area contributed by atoms with E-state index in [1.165, 1.54) is 0 Å². The smallest absolute Gasteiger partial charge is 0.233 e. The number of rotatable bonds is 4. The van der Waals surface area contributed by atoms with E-state index in [9.17, 15) is 9.90 Å². The van der Waals surface area contributed by atoms with Crippen molar-refractivity contribution in [3.05, 3.63) is 35.9 Å². The number of morpholine rings is 1. The molecule has 5 heteroatoms. The molecule has 1 atom stereocenters. The molecule has 0 radical (unpaired) electrons. The molecular weight excluding hydrogens is 328 g/mol. The minimum Gasteiger partial charge on any atom is -0.387 e. The van der Waals surface area contributed by atoms with Crippen LogP contribution in [0.5, 0.6) is 0 Å². The van der Waals surface area contributed by atoms with E-state index >= 15 is 0 Å². The van der Waals surface area contributed by atoms with Crippen LogP contribution < -0.4 is 0 Å². The van der Waals surface area contributed by atoms with Gasteiger partial charge in [-0.25, -0.2) is 0 Å². The van der Waals surface area contributed by atoms with Gasteiger partial charge < -0.3 is 14.7 Å². The highest BCUT2D eigenvalue weighted by Crippen LogP contribution is 2.43. The van der Waals surface area contributed by atoms with Crippen LogP contribution in [0.2, 0.25) is 0 Å². The van der Waals surface area contributed by atoms with Crippen molar-refractivity contribution in [2.24, 2.45) is 0 Å². The van der Waals surface area contributed by atoms with Crippen LogP contribution in [0, 0.1) is 0 Å². The summed E-state index contributed by atoms with van der Waals surface area (Å²) in [5.74, 6) is 0.221. The van der Waals surface area contributed by atoms with Crippen LogP contribution in [0.3, 0.4) is 0 Å². The van der Waals surface area contributed by atoms with Crippen LogP contribution in [-0.2, 0) is 14.9 Å². The largest absolute Gasteiger partial charge is 0.387 e. The Kier molecular flexibility index (Phi) is 5.04. The van der Waals surface area contributed by atoms with E-state index < -0.39 is 5.60 Å². The first kappa shape index (κ1) is 18.0. The fourth-order valence-electron chi connectivity index (χ4n) is 5.00. The number of hydrogen-bond acceptors (Lipinski definition) is 4. The Labute approximate surface area is 155 Å². The molecule has 1 N–H and O–H groups in total. The van der Waals surface area contributed by atoms with Crippen molar-refractivity contribution in [2.75, 3.05) is 45.9 Å². The van der Waals surface area contributed by atoms with Gasteiger partial charge in [-0.3, -0.25) is 9.69 Å².